The molecule has 1 heterocycles. The maximum atomic E-state index is 12.3. The Morgan fingerprint density at radius 1 is 1.68 bits per heavy atom. The van der Waals surface area contributed by atoms with Gasteiger partial charge in [0, 0.05) is 6.92 Å². The van der Waals surface area contributed by atoms with Crippen molar-refractivity contribution in [2.45, 2.75) is 24.6 Å². The van der Waals surface area contributed by atoms with Crippen LogP contribution in [0.15, 0.2) is 35.8 Å². The van der Waals surface area contributed by atoms with Crippen LogP contribution in [0.2, 0.25) is 0 Å². The molecule has 5 heteroatoms. The summed E-state index contributed by atoms with van der Waals surface area (Å²) in [5, 5.41) is 2.77. The highest BCUT2D eigenvalue weighted by Crippen LogP contribution is 2.51. The number of hydrogen-bond acceptors (Lipinski definition) is 4. The molecule has 2 unspecified atom stereocenters. The molecule has 2 rings (SSSR count). The summed E-state index contributed by atoms with van der Waals surface area (Å²) in [5.74, 6) is -0.337. The monoisotopic (exact) mass is 279 g/mol. The molecule has 0 spiro atoms. The number of carbonyl (C=O) groups excluding carboxylic acids is 2. The zero-order valence-electron chi connectivity index (χ0n) is 10.8. The van der Waals surface area contributed by atoms with E-state index in [1.807, 2.05) is 12.2 Å². The van der Waals surface area contributed by atoms with Crippen molar-refractivity contribution in [2.75, 3.05) is 6.61 Å². The fraction of sp³-hybridized carbons (Fsp3) is 0.429. The number of carbonyl (C=O) groups is 2. The first-order valence-electron chi connectivity index (χ1n) is 6.20. The molecule has 2 aliphatic rings. The van der Waals surface area contributed by atoms with Crippen LogP contribution in [0.3, 0.4) is 0 Å². The van der Waals surface area contributed by atoms with Crippen molar-refractivity contribution in [3.8, 4) is 0 Å². The zero-order valence-corrected chi connectivity index (χ0v) is 11.7. The lowest BCUT2D eigenvalue weighted by Crippen LogP contribution is -2.50. The van der Waals surface area contributed by atoms with Crippen LogP contribution in [-0.4, -0.2) is 23.4 Å². The van der Waals surface area contributed by atoms with E-state index in [2.05, 4.69) is 18.0 Å². The molecule has 1 N–H and O–H groups in total. The molecule has 0 bridgehead atoms. The number of nitrogens with one attached hydrogen (secondary N) is 1. The van der Waals surface area contributed by atoms with Gasteiger partial charge in [-0.25, -0.2) is 4.79 Å². The van der Waals surface area contributed by atoms with E-state index in [-0.39, 0.29) is 18.4 Å². The average molecular weight is 279 g/mol. The summed E-state index contributed by atoms with van der Waals surface area (Å²) in [6.07, 6.45) is 9.06. The van der Waals surface area contributed by atoms with Gasteiger partial charge in [0.25, 0.3) is 0 Å². The van der Waals surface area contributed by atoms with Crippen LogP contribution in [0.4, 0.5) is 0 Å². The third-order valence-electron chi connectivity index (χ3n) is 3.09. The Bertz CT molecular complexity index is 469. The minimum Gasteiger partial charge on any atom is -0.459 e. The van der Waals surface area contributed by atoms with Crippen LogP contribution in [0, 0.1) is 5.92 Å². The van der Waals surface area contributed by atoms with E-state index in [0.717, 1.165) is 11.3 Å². The van der Waals surface area contributed by atoms with Gasteiger partial charge in [0.2, 0.25) is 5.91 Å². The van der Waals surface area contributed by atoms with E-state index < -0.39 is 10.8 Å². The van der Waals surface area contributed by atoms with E-state index in [4.69, 9.17) is 4.74 Å². The summed E-state index contributed by atoms with van der Waals surface area (Å²) in [5.41, 5.74) is 0. The molecule has 102 valence electrons. The first-order chi connectivity index (χ1) is 9.07. The van der Waals surface area contributed by atoms with Crippen LogP contribution in [0.5, 0.6) is 0 Å². The van der Waals surface area contributed by atoms with E-state index in [9.17, 15) is 9.59 Å². The summed E-state index contributed by atoms with van der Waals surface area (Å²) in [7, 11) is 0. The smallest absolute Gasteiger partial charge is 0.343 e. The molecule has 4 nitrogen and oxygen atoms in total. The third kappa shape index (κ3) is 2.92. The summed E-state index contributed by atoms with van der Waals surface area (Å²) >= 11 is 1.40. The molecule has 0 aromatic heterocycles. The molecule has 1 fully saturated rings. The van der Waals surface area contributed by atoms with E-state index >= 15 is 0 Å². The molecular weight excluding hydrogens is 262 g/mol. The van der Waals surface area contributed by atoms with Crippen LogP contribution in [-0.2, 0) is 14.3 Å². The Labute approximate surface area is 117 Å². The molecule has 1 aliphatic heterocycles. The first-order valence-corrected chi connectivity index (χ1v) is 7.01. The lowest BCUT2D eigenvalue weighted by molar-refractivity contribution is -0.148. The molecule has 0 aromatic carbocycles. The van der Waals surface area contributed by atoms with Gasteiger partial charge < -0.3 is 10.1 Å². The number of fused-ring (bicyclic) bond motifs is 1. The molecule has 1 aliphatic carbocycles. The van der Waals surface area contributed by atoms with Crippen molar-refractivity contribution < 1.29 is 14.3 Å². The summed E-state index contributed by atoms with van der Waals surface area (Å²) in [4.78, 5) is 23.8. The second kappa shape index (κ2) is 5.65. The normalized spacial score (nSPS) is 28.3. The number of rotatable bonds is 4. The largest absolute Gasteiger partial charge is 0.459 e. The highest BCUT2D eigenvalue weighted by molar-refractivity contribution is 8.05. The van der Waals surface area contributed by atoms with Gasteiger partial charge in [-0.2, -0.15) is 0 Å². The van der Waals surface area contributed by atoms with Crippen molar-refractivity contribution in [1.29, 1.82) is 0 Å². The van der Waals surface area contributed by atoms with Gasteiger partial charge >= 0.3 is 5.97 Å². The molecular formula is C14H17NO3S. The van der Waals surface area contributed by atoms with Crippen LogP contribution in [0.25, 0.3) is 0 Å². The molecule has 0 radical (unpaired) electrons. The number of amides is 1. The highest BCUT2D eigenvalue weighted by atomic mass is 32.2. The van der Waals surface area contributed by atoms with E-state index in [1.165, 1.54) is 24.8 Å². The van der Waals surface area contributed by atoms with Crippen LogP contribution < -0.4 is 5.32 Å². The lowest BCUT2D eigenvalue weighted by Gasteiger charge is -2.26. The van der Waals surface area contributed by atoms with Gasteiger partial charge in [0.15, 0.2) is 4.87 Å². The van der Waals surface area contributed by atoms with Crippen molar-refractivity contribution in [2.24, 2.45) is 5.92 Å². The SMILES string of the molecule is C=CCOC(=O)C1(NC(C)=O)CC2CC=CC=C2S1. The fourth-order valence-electron chi connectivity index (χ4n) is 2.34. The Hall–Kier alpha value is -1.49. The number of ether oxygens (including phenoxy) is 1. The van der Waals surface area contributed by atoms with Crippen molar-refractivity contribution in [3.63, 3.8) is 0 Å². The van der Waals surface area contributed by atoms with Crippen LogP contribution >= 0.6 is 11.8 Å². The number of hydrogen-bond donors (Lipinski definition) is 1. The standard InChI is InChI=1S/C14H17NO3S/c1-3-8-18-13(17)14(15-10(2)16)9-11-6-4-5-7-12(11)19-14/h3-5,7,11H,1,6,8-9H2,2H3,(H,15,16). The molecule has 0 saturated carbocycles. The Morgan fingerprint density at radius 2 is 2.47 bits per heavy atom. The van der Waals surface area contributed by atoms with Crippen molar-refractivity contribution >= 4 is 23.6 Å². The molecule has 1 amide bonds. The quantitative estimate of drug-likeness (QED) is 0.633. The number of esters is 1. The minimum absolute atomic E-state index is 0.155. The van der Waals surface area contributed by atoms with Crippen molar-refractivity contribution in [1.82, 2.24) is 5.32 Å². The minimum atomic E-state index is -0.989. The van der Waals surface area contributed by atoms with Crippen molar-refractivity contribution in [3.05, 3.63) is 35.8 Å². The molecule has 2 atom stereocenters. The predicted octanol–water partition coefficient (Wildman–Crippen LogP) is 2.14. The Balaban J connectivity index is 2.20. The first kappa shape index (κ1) is 13.9. The second-order valence-electron chi connectivity index (χ2n) is 4.63. The van der Waals surface area contributed by atoms with Gasteiger partial charge in [-0.15, -0.1) is 0 Å². The third-order valence-corrected chi connectivity index (χ3v) is 4.57. The summed E-state index contributed by atoms with van der Waals surface area (Å²) in [6.45, 7) is 5.09. The fourth-order valence-corrected chi connectivity index (χ4v) is 3.85. The maximum Gasteiger partial charge on any atom is 0.343 e. The zero-order chi connectivity index (χ0) is 13.9. The summed E-state index contributed by atoms with van der Waals surface area (Å²) in [6, 6.07) is 0. The number of allylic oxidation sites excluding steroid dienone is 4. The van der Waals surface area contributed by atoms with Gasteiger partial charge in [0.05, 0.1) is 0 Å². The molecule has 1 saturated heterocycles. The molecule has 19 heavy (non-hydrogen) atoms. The van der Waals surface area contributed by atoms with Gasteiger partial charge in [-0.05, 0) is 23.7 Å². The Morgan fingerprint density at radius 3 is 3.11 bits per heavy atom. The predicted molar refractivity (Wildman–Crippen MR) is 75.2 cm³/mol. The van der Waals surface area contributed by atoms with Gasteiger partial charge in [-0.3, -0.25) is 4.79 Å². The average Bonchev–Trinajstić information content (AvgIpc) is 2.74. The highest BCUT2D eigenvalue weighted by Gasteiger charge is 2.50. The van der Waals surface area contributed by atoms with E-state index in [1.54, 1.807) is 0 Å². The second-order valence-corrected chi connectivity index (χ2v) is 6.00. The summed E-state index contributed by atoms with van der Waals surface area (Å²) < 4.78 is 5.15. The van der Waals surface area contributed by atoms with E-state index in [0.29, 0.717) is 6.42 Å². The maximum absolute atomic E-state index is 12.3. The lowest BCUT2D eigenvalue weighted by atomic mass is 9.93. The molecule has 0 aromatic rings. The van der Waals surface area contributed by atoms with Gasteiger partial charge in [0.1, 0.15) is 6.61 Å². The van der Waals surface area contributed by atoms with Gasteiger partial charge in [-0.1, -0.05) is 42.6 Å². The topological polar surface area (TPSA) is 55.4 Å². The number of thioether (sulfide) groups is 1. The van der Waals surface area contributed by atoms with Crippen LogP contribution in [0.1, 0.15) is 19.8 Å². The Kier molecular flexibility index (Phi) is 4.14.